The molecular formula is C15H15BrN2O2. The Morgan fingerprint density at radius 2 is 1.80 bits per heavy atom. The average molecular weight is 335 g/mol. The Morgan fingerprint density at radius 3 is 2.45 bits per heavy atom. The molecule has 0 heterocycles. The number of ether oxygens (including phenoxy) is 1. The maximum absolute atomic E-state index is 11.3. The quantitative estimate of drug-likeness (QED) is 0.502. The molecule has 0 aliphatic carbocycles. The van der Waals surface area contributed by atoms with Gasteiger partial charge in [0.25, 0.3) is 5.91 Å². The van der Waals surface area contributed by atoms with Crippen LogP contribution in [0.4, 0.5) is 0 Å². The minimum atomic E-state index is -0.299. The molecule has 0 saturated heterocycles. The van der Waals surface area contributed by atoms with Gasteiger partial charge in [-0.1, -0.05) is 40.2 Å². The van der Waals surface area contributed by atoms with Crippen LogP contribution in [0.1, 0.15) is 21.5 Å². The van der Waals surface area contributed by atoms with Crippen molar-refractivity contribution in [3.8, 4) is 0 Å². The number of hydrogen-bond acceptors (Lipinski definition) is 3. The molecule has 0 saturated carbocycles. The van der Waals surface area contributed by atoms with Gasteiger partial charge in [-0.3, -0.25) is 10.2 Å². The van der Waals surface area contributed by atoms with Gasteiger partial charge >= 0.3 is 0 Å². The van der Waals surface area contributed by atoms with Gasteiger partial charge in [0.2, 0.25) is 0 Å². The SMILES string of the molecule is NNC(=O)c1ccc(COCc2cccc(Br)c2)cc1. The highest BCUT2D eigenvalue weighted by molar-refractivity contribution is 9.10. The lowest BCUT2D eigenvalue weighted by Crippen LogP contribution is -2.29. The van der Waals surface area contributed by atoms with Gasteiger partial charge in [-0.2, -0.15) is 0 Å². The Morgan fingerprint density at radius 1 is 1.10 bits per heavy atom. The van der Waals surface area contributed by atoms with E-state index < -0.39 is 0 Å². The number of carbonyl (C=O) groups is 1. The zero-order valence-corrected chi connectivity index (χ0v) is 12.4. The van der Waals surface area contributed by atoms with Crippen molar-refractivity contribution >= 4 is 21.8 Å². The van der Waals surface area contributed by atoms with E-state index >= 15 is 0 Å². The van der Waals surface area contributed by atoms with Crippen molar-refractivity contribution in [2.75, 3.05) is 0 Å². The highest BCUT2D eigenvalue weighted by Crippen LogP contribution is 2.13. The van der Waals surface area contributed by atoms with Crippen molar-refractivity contribution < 1.29 is 9.53 Å². The van der Waals surface area contributed by atoms with E-state index in [9.17, 15) is 4.79 Å². The fraction of sp³-hybridized carbons (Fsp3) is 0.133. The third kappa shape index (κ3) is 4.16. The van der Waals surface area contributed by atoms with Gasteiger partial charge in [-0.25, -0.2) is 5.84 Å². The molecule has 4 nitrogen and oxygen atoms in total. The van der Waals surface area contributed by atoms with Crippen LogP contribution in [-0.2, 0) is 18.0 Å². The number of carbonyl (C=O) groups excluding carboxylic acids is 1. The molecule has 2 aromatic rings. The van der Waals surface area contributed by atoms with Crippen LogP contribution >= 0.6 is 15.9 Å². The number of benzene rings is 2. The van der Waals surface area contributed by atoms with Crippen LogP contribution in [0.2, 0.25) is 0 Å². The third-order valence-corrected chi connectivity index (χ3v) is 3.27. The van der Waals surface area contributed by atoms with Gasteiger partial charge in [0.05, 0.1) is 13.2 Å². The maximum atomic E-state index is 11.3. The molecule has 3 N–H and O–H groups in total. The Balaban J connectivity index is 1.86. The summed E-state index contributed by atoms with van der Waals surface area (Å²) < 4.78 is 6.68. The van der Waals surface area contributed by atoms with Crippen molar-refractivity contribution in [2.24, 2.45) is 5.84 Å². The summed E-state index contributed by atoms with van der Waals surface area (Å²) in [6.07, 6.45) is 0. The number of amides is 1. The van der Waals surface area contributed by atoms with Crippen LogP contribution in [0.25, 0.3) is 0 Å². The molecule has 104 valence electrons. The second-order valence-electron chi connectivity index (χ2n) is 4.29. The largest absolute Gasteiger partial charge is 0.372 e. The maximum Gasteiger partial charge on any atom is 0.265 e. The molecule has 0 aliphatic rings. The smallest absolute Gasteiger partial charge is 0.265 e. The first-order chi connectivity index (χ1) is 9.69. The van der Waals surface area contributed by atoms with Crippen molar-refractivity contribution in [3.63, 3.8) is 0 Å². The van der Waals surface area contributed by atoms with Crippen LogP contribution < -0.4 is 11.3 Å². The van der Waals surface area contributed by atoms with Crippen LogP contribution in [0, 0.1) is 0 Å². The lowest BCUT2D eigenvalue weighted by atomic mass is 10.1. The van der Waals surface area contributed by atoms with E-state index in [0.29, 0.717) is 18.8 Å². The summed E-state index contributed by atoms with van der Waals surface area (Å²) in [7, 11) is 0. The second-order valence-corrected chi connectivity index (χ2v) is 5.21. The number of nitrogen functional groups attached to an aromatic ring is 1. The summed E-state index contributed by atoms with van der Waals surface area (Å²) in [4.78, 5) is 11.3. The van der Waals surface area contributed by atoms with E-state index in [2.05, 4.69) is 21.4 Å². The zero-order chi connectivity index (χ0) is 14.4. The Kier molecular flexibility index (Phi) is 5.29. The number of hydrogen-bond donors (Lipinski definition) is 2. The third-order valence-electron chi connectivity index (χ3n) is 2.77. The average Bonchev–Trinajstić information content (AvgIpc) is 2.47. The molecule has 0 aliphatic heterocycles. The molecule has 5 heteroatoms. The van der Waals surface area contributed by atoms with Gasteiger partial charge < -0.3 is 4.74 Å². The van der Waals surface area contributed by atoms with Crippen molar-refractivity contribution in [2.45, 2.75) is 13.2 Å². The van der Waals surface area contributed by atoms with E-state index in [1.165, 1.54) is 0 Å². The molecule has 0 spiro atoms. The summed E-state index contributed by atoms with van der Waals surface area (Å²) >= 11 is 3.42. The fourth-order valence-corrected chi connectivity index (χ4v) is 2.20. The normalized spacial score (nSPS) is 10.3. The van der Waals surface area contributed by atoms with E-state index in [1.54, 1.807) is 12.1 Å². The molecule has 0 fully saturated rings. The van der Waals surface area contributed by atoms with Gasteiger partial charge in [-0.15, -0.1) is 0 Å². The van der Waals surface area contributed by atoms with Gasteiger partial charge in [0, 0.05) is 10.0 Å². The van der Waals surface area contributed by atoms with Crippen LogP contribution in [0.3, 0.4) is 0 Å². The minimum Gasteiger partial charge on any atom is -0.372 e. The summed E-state index contributed by atoms with van der Waals surface area (Å²) in [6, 6.07) is 15.1. The first-order valence-electron chi connectivity index (χ1n) is 6.11. The summed E-state index contributed by atoms with van der Waals surface area (Å²) in [5, 5.41) is 0. The zero-order valence-electron chi connectivity index (χ0n) is 10.8. The van der Waals surface area contributed by atoms with Crippen molar-refractivity contribution in [1.82, 2.24) is 5.43 Å². The van der Waals surface area contributed by atoms with E-state index in [1.807, 2.05) is 36.4 Å². The predicted octanol–water partition coefficient (Wildman–Crippen LogP) is 2.77. The lowest BCUT2D eigenvalue weighted by molar-refractivity contribution is 0.0953. The van der Waals surface area contributed by atoms with E-state index in [0.717, 1.165) is 15.6 Å². The molecule has 0 unspecified atom stereocenters. The summed E-state index contributed by atoms with van der Waals surface area (Å²) in [6.45, 7) is 1.04. The molecule has 0 radical (unpaired) electrons. The van der Waals surface area contributed by atoms with Crippen molar-refractivity contribution in [1.29, 1.82) is 0 Å². The van der Waals surface area contributed by atoms with Gasteiger partial charge in [0.15, 0.2) is 0 Å². The second kappa shape index (κ2) is 7.19. The Hall–Kier alpha value is -1.69. The summed E-state index contributed by atoms with van der Waals surface area (Å²) in [5.74, 6) is 4.77. The molecule has 1 amide bonds. The molecule has 0 atom stereocenters. The number of nitrogens with two attached hydrogens (primary N) is 1. The van der Waals surface area contributed by atoms with Crippen LogP contribution in [-0.4, -0.2) is 5.91 Å². The van der Waals surface area contributed by atoms with Crippen LogP contribution in [0.15, 0.2) is 53.0 Å². The first kappa shape index (κ1) is 14.7. The number of nitrogens with one attached hydrogen (secondary N) is 1. The minimum absolute atomic E-state index is 0.299. The highest BCUT2D eigenvalue weighted by atomic mass is 79.9. The number of hydrazine groups is 1. The fourth-order valence-electron chi connectivity index (χ4n) is 1.75. The molecule has 0 bridgehead atoms. The van der Waals surface area contributed by atoms with Gasteiger partial charge in [-0.05, 0) is 35.4 Å². The molecule has 2 aromatic carbocycles. The number of rotatable bonds is 5. The van der Waals surface area contributed by atoms with Crippen molar-refractivity contribution in [3.05, 3.63) is 69.7 Å². The first-order valence-corrected chi connectivity index (χ1v) is 6.90. The molecular weight excluding hydrogens is 320 g/mol. The van der Waals surface area contributed by atoms with E-state index in [4.69, 9.17) is 10.6 Å². The van der Waals surface area contributed by atoms with E-state index in [-0.39, 0.29) is 5.91 Å². The predicted molar refractivity (Wildman–Crippen MR) is 80.7 cm³/mol. The molecule has 2 rings (SSSR count). The van der Waals surface area contributed by atoms with Crippen LogP contribution in [0.5, 0.6) is 0 Å². The van der Waals surface area contributed by atoms with Gasteiger partial charge in [0.1, 0.15) is 0 Å². The Bertz CT molecular complexity index is 585. The summed E-state index contributed by atoms with van der Waals surface area (Å²) in [5.41, 5.74) is 4.74. The molecule has 0 aromatic heterocycles. The monoisotopic (exact) mass is 334 g/mol. The Labute approximate surface area is 126 Å². The standard InChI is InChI=1S/C15H15BrN2O2/c16-14-3-1-2-12(8-14)10-20-9-11-4-6-13(7-5-11)15(19)18-17/h1-8H,9-10,17H2,(H,18,19). The lowest BCUT2D eigenvalue weighted by Gasteiger charge is -2.06. The topological polar surface area (TPSA) is 64.3 Å². The number of halogens is 1. The molecule has 20 heavy (non-hydrogen) atoms. The highest BCUT2D eigenvalue weighted by Gasteiger charge is 2.02.